The third kappa shape index (κ3) is 2.80. The molecular formula is C16H13ClN4O2. The second kappa shape index (κ2) is 5.81. The molecule has 0 unspecified atom stereocenters. The zero-order valence-electron chi connectivity index (χ0n) is 12.5. The highest BCUT2D eigenvalue weighted by Gasteiger charge is 2.10. The molecule has 23 heavy (non-hydrogen) atoms. The molecule has 0 aliphatic carbocycles. The van der Waals surface area contributed by atoms with E-state index in [-0.39, 0.29) is 11.2 Å². The first-order valence-corrected chi connectivity index (χ1v) is 7.21. The molecule has 0 aliphatic rings. The van der Waals surface area contributed by atoms with Crippen LogP contribution in [0.25, 0.3) is 23.3 Å². The summed E-state index contributed by atoms with van der Waals surface area (Å²) in [5.74, 6) is 0. The van der Waals surface area contributed by atoms with Crippen molar-refractivity contribution < 1.29 is 0 Å². The van der Waals surface area contributed by atoms with Crippen LogP contribution in [0.2, 0.25) is 5.02 Å². The molecule has 6 nitrogen and oxygen atoms in total. The largest absolute Gasteiger partial charge is 0.332 e. The number of benzene rings is 1. The first-order valence-electron chi connectivity index (χ1n) is 6.84. The predicted octanol–water partition coefficient (Wildman–Crippen LogP) is 1.85. The van der Waals surface area contributed by atoms with Gasteiger partial charge in [0.25, 0.3) is 5.56 Å². The molecule has 3 rings (SSSR count). The first kappa shape index (κ1) is 15.2. The van der Waals surface area contributed by atoms with Crippen molar-refractivity contribution in [2.45, 2.75) is 0 Å². The van der Waals surface area contributed by atoms with E-state index in [9.17, 15) is 9.59 Å². The highest BCUT2D eigenvalue weighted by Crippen LogP contribution is 2.13. The minimum atomic E-state index is -0.464. The van der Waals surface area contributed by atoms with Gasteiger partial charge in [0.15, 0.2) is 11.2 Å². The topological polar surface area (TPSA) is 69.8 Å². The molecule has 0 saturated heterocycles. The number of rotatable bonds is 2. The molecular weight excluding hydrogens is 316 g/mol. The normalized spacial score (nSPS) is 11.4. The van der Waals surface area contributed by atoms with Gasteiger partial charge in [-0.05, 0) is 23.8 Å². The Labute approximate surface area is 136 Å². The van der Waals surface area contributed by atoms with Crippen molar-refractivity contribution in [2.75, 3.05) is 0 Å². The Balaban J connectivity index is 2.11. The van der Waals surface area contributed by atoms with Gasteiger partial charge in [-0.3, -0.25) is 13.9 Å². The minimum Gasteiger partial charge on any atom is -0.279 e. The third-order valence-corrected chi connectivity index (χ3v) is 3.70. The highest BCUT2D eigenvalue weighted by atomic mass is 35.5. The van der Waals surface area contributed by atoms with E-state index < -0.39 is 11.2 Å². The summed E-state index contributed by atoms with van der Waals surface area (Å²) in [6.07, 6.45) is 5.08. The average molecular weight is 329 g/mol. The van der Waals surface area contributed by atoms with Crippen LogP contribution in [0.1, 0.15) is 11.3 Å². The summed E-state index contributed by atoms with van der Waals surface area (Å²) in [5, 5.41) is 0.639. The van der Waals surface area contributed by atoms with Crippen LogP contribution in [0.3, 0.4) is 0 Å². The quantitative estimate of drug-likeness (QED) is 0.720. The van der Waals surface area contributed by atoms with Crippen molar-refractivity contribution in [1.82, 2.24) is 19.1 Å². The summed E-state index contributed by atoms with van der Waals surface area (Å²) < 4.78 is 2.32. The Hall–Kier alpha value is -2.73. The van der Waals surface area contributed by atoms with Gasteiger partial charge in [-0.1, -0.05) is 29.8 Å². The number of hydrogen-bond acceptors (Lipinski definition) is 4. The van der Waals surface area contributed by atoms with Crippen LogP contribution < -0.4 is 11.2 Å². The van der Waals surface area contributed by atoms with E-state index in [1.807, 2.05) is 24.3 Å². The zero-order chi connectivity index (χ0) is 16.6. The molecule has 0 bridgehead atoms. The van der Waals surface area contributed by atoms with Gasteiger partial charge >= 0.3 is 5.69 Å². The van der Waals surface area contributed by atoms with E-state index in [2.05, 4.69) is 9.97 Å². The molecule has 3 aromatic rings. The highest BCUT2D eigenvalue weighted by molar-refractivity contribution is 6.30. The van der Waals surface area contributed by atoms with Crippen LogP contribution in [0, 0.1) is 0 Å². The summed E-state index contributed by atoms with van der Waals surface area (Å²) in [5.41, 5.74) is 0.953. The molecule has 2 aromatic heterocycles. The lowest BCUT2D eigenvalue weighted by Crippen LogP contribution is -2.37. The van der Waals surface area contributed by atoms with Gasteiger partial charge < -0.3 is 0 Å². The molecule has 0 fully saturated rings. The fourth-order valence-electron chi connectivity index (χ4n) is 2.22. The Kier molecular flexibility index (Phi) is 3.83. The monoisotopic (exact) mass is 328 g/mol. The van der Waals surface area contributed by atoms with Crippen LogP contribution in [-0.4, -0.2) is 19.1 Å². The van der Waals surface area contributed by atoms with Crippen LogP contribution in [0.4, 0.5) is 0 Å². The van der Waals surface area contributed by atoms with E-state index in [1.165, 1.54) is 17.8 Å². The van der Waals surface area contributed by atoms with Crippen LogP contribution in [0.15, 0.2) is 40.1 Å². The van der Waals surface area contributed by atoms with Crippen molar-refractivity contribution in [2.24, 2.45) is 14.1 Å². The molecule has 0 amide bonds. The number of fused-ring (bicyclic) bond motifs is 1. The summed E-state index contributed by atoms with van der Waals surface area (Å²) >= 11 is 5.94. The summed E-state index contributed by atoms with van der Waals surface area (Å²) in [4.78, 5) is 32.5. The number of hydrogen-bond donors (Lipinski definition) is 0. The van der Waals surface area contributed by atoms with Crippen molar-refractivity contribution in [3.8, 4) is 0 Å². The number of aromatic nitrogens is 4. The van der Waals surface area contributed by atoms with Crippen LogP contribution in [0.5, 0.6) is 0 Å². The van der Waals surface area contributed by atoms with Gasteiger partial charge in [-0.2, -0.15) is 0 Å². The number of halogens is 1. The number of nitrogens with zero attached hydrogens (tertiary/aromatic N) is 4. The molecule has 0 N–H and O–H groups in total. The van der Waals surface area contributed by atoms with Crippen molar-refractivity contribution in [1.29, 1.82) is 0 Å². The summed E-state index contributed by atoms with van der Waals surface area (Å²) in [7, 11) is 2.97. The van der Waals surface area contributed by atoms with E-state index in [0.29, 0.717) is 10.7 Å². The van der Waals surface area contributed by atoms with Gasteiger partial charge in [-0.25, -0.2) is 14.8 Å². The van der Waals surface area contributed by atoms with E-state index >= 15 is 0 Å². The first-order chi connectivity index (χ1) is 11.0. The molecule has 116 valence electrons. The maximum Gasteiger partial charge on any atom is 0.332 e. The molecule has 0 aliphatic heterocycles. The molecule has 0 atom stereocenters. The maximum absolute atomic E-state index is 12.2. The molecule has 7 heteroatoms. The number of aryl methyl sites for hydroxylation is 1. The molecule has 0 spiro atoms. The fourth-order valence-corrected chi connectivity index (χ4v) is 2.42. The Morgan fingerprint density at radius 3 is 2.65 bits per heavy atom. The minimum absolute atomic E-state index is 0.155. The lowest BCUT2D eigenvalue weighted by Gasteiger charge is -2.05. The zero-order valence-corrected chi connectivity index (χ0v) is 13.3. The second-order valence-corrected chi connectivity index (χ2v) is 5.50. The Morgan fingerprint density at radius 1 is 1.13 bits per heavy atom. The summed E-state index contributed by atoms with van der Waals surface area (Å²) in [6.45, 7) is 0. The van der Waals surface area contributed by atoms with Gasteiger partial charge in [0.2, 0.25) is 0 Å². The van der Waals surface area contributed by atoms with Gasteiger partial charge in [0, 0.05) is 19.1 Å². The Bertz CT molecular complexity index is 1050. The molecule has 2 heterocycles. The lowest BCUT2D eigenvalue weighted by molar-refractivity contribution is 0.704. The van der Waals surface area contributed by atoms with Gasteiger partial charge in [0.05, 0.1) is 11.9 Å². The van der Waals surface area contributed by atoms with E-state index in [1.54, 1.807) is 19.2 Å². The molecule has 1 aromatic carbocycles. The predicted molar refractivity (Wildman–Crippen MR) is 90.4 cm³/mol. The fraction of sp³-hybridized carbons (Fsp3) is 0.125. The van der Waals surface area contributed by atoms with E-state index in [0.717, 1.165) is 10.1 Å². The van der Waals surface area contributed by atoms with Crippen molar-refractivity contribution >= 4 is 34.9 Å². The van der Waals surface area contributed by atoms with E-state index in [4.69, 9.17) is 11.6 Å². The molecule has 0 radical (unpaired) electrons. The van der Waals surface area contributed by atoms with Crippen molar-refractivity contribution in [3.63, 3.8) is 0 Å². The second-order valence-electron chi connectivity index (χ2n) is 5.06. The average Bonchev–Trinajstić information content (AvgIpc) is 2.56. The summed E-state index contributed by atoms with van der Waals surface area (Å²) in [6, 6.07) is 7.35. The maximum atomic E-state index is 12.2. The SMILES string of the molecule is Cn1c(=O)c2nc(/C=C/c3cccc(Cl)c3)cnc2n(C)c1=O. The smallest absolute Gasteiger partial charge is 0.279 e. The molecule has 0 saturated carbocycles. The van der Waals surface area contributed by atoms with Crippen molar-refractivity contribution in [3.05, 3.63) is 67.6 Å². The standard InChI is InChI=1S/C16H13ClN4O2/c1-20-14-13(15(22)21(2)16(20)23)19-12(9-18-14)7-6-10-4-3-5-11(17)8-10/h3-9H,1-2H3/b7-6+. The van der Waals surface area contributed by atoms with Crippen LogP contribution in [-0.2, 0) is 14.1 Å². The Morgan fingerprint density at radius 2 is 1.91 bits per heavy atom. The third-order valence-electron chi connectivity index (χ3n) is 3.47. The van der Waals surface area contributed by atoms with Crippen LogP contribution >= 0.6 is 11.6 Å². The van der Waals surface area contributed by atoms with Gasteiger partial charge in [-0.15, -0.1) is 0 Å². The lowest BCUT2D eigenvalue weighted by atomic mass is 10.2. The van der Waals surface area contributed by atoms with Gasteiger partial charge in [0.1, 0.15) is 0 Å².